The Morgan fingerprint density at radius 2 is 2.12 bits per heavy atom. The first kappa shape index (κ1) is 13.4. The first-order valence-electron chi connectivity index (χ1n) is 5.36. The van der Waals surface area contributed by atoms with Crippen molar-refractivity contribution < 1.29 is 19.4 Å². The van der Waals surface area contributed by atoms with Crippen LogP contribution in [-0.4, -0.2) is 28.8 Å². The molecule has 1 rings (SSSR count). The molecule has 0 fully saturated rings. The lowest BCUT2D eigenvalue weighted by Gasteiger charge is -2.19. The summed E-state index contributed by atoms with van der Waals surface area (Å²) in [5.74, 6) is -1.67. The molecule has 0 saturated heterocycles. The number of rotatable bonds is 4. The van der Waals surface area contributed by atoms with Crippen LogP contribution in [0.25, 0.3) is 0 Å². The lowest BCUT2D eigenvalue weighted by atomic mass is 10.0. The fourth-order valence-corrected chi connectivity index (χ4v) is 1.27. The Labute approximate surface area is 99.1 Å². The number of amides is 1. The Morgan fingerprint density at radius 3 is 2.65 bits per heavy atom. The highest BCUT2D eigenvalue weighted by Crippen LogP contribution is 2.15. The maximum atomic E-state index is 13.4. The molecule has 1 amide bonds. The van der Waals surface area contributed by atoms with Crippen LogP contribution in [0.5, 0.6) is 5.75 Å². The van der Waals surface area contributed by atoms with Crippen molar-refractivity contribution in [2.24, 2.45) is 5.92 Å². The van der Waals surface area contributed by atoms with E-state index in [0.29, 0.717) is 0 Å². The zero-order valence-corrected chi connectivity index (χ0v) is 9.77. The number of carbonyl (C=O) groups is 1. The largest absolute Gasteiger partial charge is 0.508 e. The summed E-state index contributed by atoms with van der Waals surface area (Å²) in [7, 11) is 0. The normalized spacial score (nSPS) is 14.1. The number of aliphatic hydroxyl groups is 1. The van der Waals surface area contributed by atoms with Gasteiger partial charge in [-0.05, 0) is 25.0 Å². The summed E-state index contributed by atoms with van der Waals surface area (Å²) in [5.41, 5.74) is -0.125. The molecule has 2 atom stereocenters. The molecule has 2 unspecified atom stereocenters. The number of carbonyl (C=O) groups excluding carboxylic acids is 1. The number of aromatic hydroxyl groups is 1. The van der Waals surface area contributed by atoms with E-state index in [-0.39, 0.29) is 29.9 Å². The van der Waals surface area contributed by atoms with Gasteiger partial charge < -0.3 is 15.5 Å². The molecule has 94 valence electrons. The molecule has 0 radical (unpaired) electrons. The molecule has 4 nitrogen and oxygen atoms in total. The van der Waals surface area contributed by atoms with Gasteiger partial charge in [0.1, 0.15) is 11.6 Å². The van der Waals surface area contributed by atoms with Gasteiger partial charge in [-0.25, -0.2) is 4.39 Å². The molecule has 1 aromatic rings. The Morgan fingerprint density at radius 1 is 1.47 bits per heavy atom. The van der Waals surface area contributed by atoms with Crippen molar-refractivity contribution >= 4 is 5.91 Å². The van der Waals surface area contributed by atoms with Crippen molar-refractivity contribution in [1.29, 1.82) is 0 Å². The molecule has 3 N–H and O–H groups in total. The van der Waals surface area contributed by atoms with Gasteiger partial charge in [-0.15, -0.1) is 0 Å². The van der Waals surface area contributed by atoms with Crippen LogP contribution in [0.4, 0.5) is 4.39 Å². The van der Waals surface area contributed by atoms with Crippen LogP contribution in [0.2, 0.25) is 0 Å². The van der Waals surface area contributed by atoms with Crippen molar-refractivity contribution in [3.8, 4) is 5.75 Å². The Balaban J connectivity index is 2.76. The molecule has 0 aliphatic rings. The van der Waals surface area contributed by atoms with Gasteiger partial charge in [-0.3, -0.25) is 4.79 Å². The van der Waals surface area contributed by atoms with Crippen LogP contribution >= 0.6 is 0 Å². The number of hydrogen-bond donors (Lipinski definition) is 3. The Bertz CT molecular complexity index is 409. The smallest absolute Gasteiger partial charge is 0.254 e. The average molecular weight is 241 g/mol. The summed E-state index contributed by atoms with van der Waals surface area (Å²) in [6.45, 7) is 3.45. The van der Waals surface area contributed by atoms with Gasteiger partial charge >= 0.3 is 0 Å². The van der Waals surface area contributed by atoms with E-state index in [1.165, 1.54) is 12.1 Å². The van der Waals surface area contributed by atoms with Gasteiger partial charge in [-0.2, -0.15) is 0 Å². The summed E-state index contributed by atoms with van der Waals surface area (Å²) in [6.07, 6.45) is 0. The molecule has 0 aliphatic carbocycles. The zero-order chi connectivity index (χ0) is 13.0. The van der Waals surface area contributed by atoms with Gasteiger partial charge in [-0.1, -0.05) is 6.92 Å². The molecule has 0 heterocycles. The molecule has 0 aliphatic heterocycles. The molecule has 0 aromatic heterocycles. The van der Waals surface area contributed by atoms with Crippen LogP contribution in [0.3, 0.4) is 0 Å². The third-order valence-corrected chi connectivity index (χ3v) is 2.70. The lowest BCUT2D eigenvalue weighted by Crippen LogP contribution is -2.38. The number of phenolic OH excluding ortho intramolecular Hbond substituents is 1. The standard InChI is InChI=1S/C12H16FNO3/c1-7(6-15)8(2)14-12(17)10-4-3-9(16)5-11(10)13/h3-5,7-8,15-16H,6H2,1-2H3,(H,14,17). The molecular weight excluding hydrogens is 225 g/mol. The van der Waals surface area contributed by atoms with E-state index in [0.717, 1.165) is 6.07 Å². The lowest BCUT2D eigenvalue weighted by molar-refractivity contribution is 0.0912. The fraction of sp³-hybridized carbons (Fsp3) is 0.417. The number of aliphatic hydroxyl groups excluding tert-OH is 1. The maximum Gasteiger partial charge on any atom is 0.254 e. The van der Waals surface area contributed by atoms with Gasteiger partial charge in [0.25, 0.3) is 5.91 Å². The summed E-state index contributed by atoms with van der Waals surface area (Å²) >= 11 is 0. The highest BCUT2D eigenvalue weighted by atomic mass is 19.1. The molecule has 17 heavy (non-hydrogen) atoms. The summed E-state index contributed by atoms with van der Waals surface area (Å²) in [5, 5.41) is 20.5. The SMILES string of the molecule is CC(CO)C(C)NC(=O)c1ccc(O)cc1F. The minimum atomic E-state index is -0.772. The topological polar surface area (TPSA) is 69.6 Å². The molecule has 0 bridgehead atoms. The number of halogens is 1. The van der Waals surface area contributed by atoms with E-state index >= 15 is 0 Å². The highest BCUT2D eigenvalue weighted by molar-refractivity contribution is 5.94. The van der Waals surface area contributed by atoms with E-state index < -0.39 is 11.7 Å². The number of phenols is 1. The second kappa shape index (κ2) is 5.63. The molecular formula is C12H16FNO3. The minimum absolute atomic E-state index is 0.0560. The first-order valence-corrected chi connectivity index (χ1v) is 5.36. The first-order chi connectivity index (χ1) is 7.95. The van der Waals surface area contributed by atoms with E-state index in [9.17, 15) is 9.18 Å². The molecule has 5 heteroatoms. The number of nitrogens with one attached hydrogen (secondary N) is 1. The van der Waals surface area contributed by atoms with Crippen LogP contribution in [0.1, 0.15) is 24.2 Å². The second-order valence-electron chi connectivity index (χ2n) is 4.09. The summed E-state index contributed by atoms with van der Waals surface area (Å²) < 4.78 is 13.4. The Kier molecular flexibility index (Phi) is 4.45. The minimum Gasteiger partial charge on any atom is -0.508 e. The van der Waals surface area contributed by atoms with Crippen molar-refractivity contribution in [3.05, 3.63) is 29.6 Å². The van der Waals surface area contributed by atoms with Crippen molar-refractivity contribution in [1.82, 2.24) is 5.32 Å². The van der Waals surface area contributed by atoms with E-state index in [2.05, 4.69) is 5.32 Å². The van der Waals surface area contributed by atoms with Crippen LogP contribution < -0.4 is 5.32 Å². The van der Waals surface area contributed by atoms with E-state index in [1.54, 1.807) is 13.8 Å². The van der Waals surface area contributed by atoms with Gasteiger partial charge in [0.15, 0.2) is 0 Å². The number of hydrogen-bond acceptors (Lipinski definition) is 3. The van der Waals surface area contributed by atoms with E-state index in [4.69, 9.17) is 10.2 Å². The predicted octanol–water partition coefficient (Wildman–Crippen LogP) is 1.28. The number of benzene rings is 1. The molecule has 1 aromatic carbocycles. The van der Waals surface area contributed by atoms with Crippen LogP contribution in [-0.2, 0) is 0 Å². The average Bonchev–Trinajstić information content (AvgIpc) is 2.27. The van der Waals surface area contributed by atoms with Gasteiger partial charge in [0, 0.05) is 18.7 Å². The van der Waals surface area contributed by atoms with Crippen molar-refractivity contribution in [3.63, 3.8) is 0 Å². The predicted molar refractivity (Wildman–Crippen MR) is 61.2 cm³/mol. The van der Waals surface area contributed by atoms with Crippen molar-refractivity contribution in [2.45, 2.75) is 19.9 Å². The monoisotopic (exact) mass is 241 g/mol. The highest BCUT2D eigenvalue weighted by Gasteiger charge is 2.17. The Hall–Kier alpha value is -1.62. The van der Waals surface area contributed by atoms with E-state index in [1.807, 2.05) is 0 Å². The molecule has 0 spiro atoms. The fourth-order valence-electron chi connectivity index (χ4n) is 1.27. The third-order valence-electron chi connectivity index (χ3n) is 2.70. The maximum absolute atomic E-state index is 13.4. The zero-order valence-electron chi connectivity index (χ0n) is 9.77. The second-order valence-corrected chi connectivity index (χ2v) is 4.09. The molecule has 0 saturated carbocycles. The quantitative estimate of drug-likeness (QED) is 0.743. The van der Waals surface area contributed by atoms with Crippen LogP contribution in [0.15, 0.2) is 18.2 Å². The van der Waals surface area contributed by atoms with Crippen molar-refractivity contribution in [2.75, 3.05) is 6.61 Å². The third kappa shape index (κ3) is 3.42. The van der Waals surface area contributed by atoms with Gasteiger partial charge in [0.2, 0.25) is 0 Å². The van der Waals surface area contributed by atoms with Gasteiger partial charge in [0.05, 0.1) is 5.56 Å². The summed E-state index contributed by atoms with van der Waals surface area (Å²) in [6, 6.07) is 3.09. The van der Waals surface area contributed by atoms with Crippen LogP contribution in [0, 0.1) is 11.7 Å². The summed E-state index contributed by atoms with van der Waals surface area (Å²) in [4.78, 5) is 11.7.